The van der Waals surface area contributed by atoms with Crippen molar-refractivity contribution in [1.82, 2.24) is 9.97 Å². The van der Waals surface area contributed by atoms with Gasteiger partial charge in [0.1, 0.15) is 0 Å². The van der Waals surface area contributed by atoms with Gasteiger partial charge in [0.2, 0.25) is 0 Å². The Morgan fingerprint density at radius 1 is 1.35 bits per heavy atom. The van der Waals surface area contributed by atoms with Crippen LogP contribution >= 0.6 is 0 Å². The first-order chi connectivity index (χ1) is 8.18. The summed E-state index contributed by atoms with van der Waals surface area (Å²) in [5, 5.41) is 2.63. The summed E-state index contributed by atoms with van der Waals surface area (Å²) in [6, 6.07) is 5.32. The number of hydrogen-bond acceptors (Lipinski definition) is 4. The maximum Gasteiger partial charge on any atom is 0.258 e. The standard InChI is InChI=1S/C12H12N4O/c1-8-3-2-4-9(11(8)13)12(17)16-10-7-14-5-6-15-10/h2-7H,13H2,1H3,(H,15,16,17). The third-order valence-corrected chi connectivity index (χ3v) is 2.37. The Morgan fingerprint density at radius 2 is 2.18 bits per heavy atom. The van der Waals surface area contributed by atoms with Gasteiger partial charge in [-0.1, -0.05) is 12.1 Å². The largest absolute Gasteiger partial charge is 0.398 e. The van der Waals surface area contributed by atoms with Crippen molar-refractivity contribution < 1.29 is 4.79 Å². The first kappa shape index (κ1) is 11.1. The number of para-hydroxylation sites is 1. The van der Waals surface area contributed by atoms with Gasteiger partial charge < -0.3 is 11.1 Å². The number of carbonyl (C=O) groups is 1. The quantitative estimate of drug-likeness (QED) is 0.765. The van der Waals surface area contributed by atoms with Crippen LogP contribution in [0.25, 0.3) is 0 Å². The Hall–Kier alpha value is -2.43. The fourth-order valence-corrected chi connectivity index (χ4v) is 1.43. The minimum Gasteiger partial charge on any atom is -0.398 e. The summed E-state index contributed by atoms with van der Waals surface area (Å²) in [7, 11) is 0. The van der Waals surface area contributed by atoms with E-state index in [9.17, 15) is 4.79 Å². The molecule has 0 fully saturated rings. The van der Waals surface area contributed by atoms with Gasteiger partial charge in [-0.15, -0.1) is 0 Å². The van der Waals surface area contributed by atoms with E-state index in [1.54, 1.807) is 12.1 Å². The van der Waals surface area contributed by atoms with Crippen LogP contribution in [0.3, 0.4) is 0 Å². The predicted molar refractivity (Wildman–Crippen MR) is 65.6 cm³/mol. The molecule has 1 amide bonds. The molecule has 0 radical (unpaired) electrons. The van der Waals surface area contributed by atoms with Crippen LogP contribution < -0.4 is 11.1 Å². The van der Waals surface area contributed by atoms with E-state index in [0.717, 1.165) is 5.56 Å². The van der Waals surface area contributed by atoms with Gasteiger partial charge in [-0.25, -0.2) is 4.98 Å². The zero-order valence-electron chi connectivity index (χ0n) is 9.34. The molecule has 0 aliphatic rings. The molecule has 0 bridgehead atoms. The molecule has 0 saturated carbocycles. The van der Waals surface area contributed by atoms with Crippen LogP contribution in [0, 0.1) is 6.92 Å². The highest BCUT2D eigenvalue weighted by atomic mass is 16.1. The number of aryl methyl sites for hydroxylation is 1. The van der Waals surface area contributed by atoms with Gasteiger partial charge in [-0.2, -0.15) is 0 Å². The van der Waals surface area contributed by atoms with Crippen molar-refractivity contribution in [2.45, 2.75) is 6.92 Å². The van der Waals surface area contributed by atoms with Crippen LogP contribution in [0.15, 0.2) is 36.8 Å². The minimum atomic E-state index is -0.285. The molecule has 5 heteroatoms. The smallest absolute Gasteiger partial charge is 0.258 e. The highest BCUT2D eigenvalue weighted by Gasteiger charge is 2.11. The number of carbonyl (C=O) groups excluding carboxylic acids is 1. The fourth-order valence-electron chi connectivity index (χ4n) is 1.43. The number of rotatable bonds is 2. The van der Waals surface area contributed by atoms with Crippen molar-refractivity contribution in [3.63, 3.8) is 0 Å². The van der Waals surface area contributed by atoms with Crippen LogP contribution in [0.1, 0.15) is 15.9 Å². The van der Waals surface area contributed by atoms with Crippen LogP contribution in [0.5, 0.6) is 0 Å². The molecule has 0 unspecified atom stereocenters. The Labute approximate surface area is 98.7 Å². The number of hydrogen-bond donors (Lipinski definition) is 2. The molecule has 1 aromatic heterocycles. The van der Waals surface area contributed by atoms with Gasteiger partial charge in [-0.3, -0.25) is 9.78 Å². The molecule has 17 heavy (non-hydrogen) atoms. The molecular formula is C12H12N4O. The molecule has 5 nitrogen and oxygen atoms in total. The third kappa shape index (κ3) is 2.39. The number of nitrogens with one attached hydrogen (secondary N) is 1. The van der Waals surface area contributed by atoms with Crippen LogP contribution in [-0.4, -0.2) is 15.9 Å². The van der Waals surface area contributed by atoms with Crippen LogP contribution in [-0.2, 0) is 0 Å². The molecule has 1 aromatic carbocycles. The van der Waals surface area contributed by atoms with E-state index in [2.05, 4.69) is 15.3 Å². The molecule has 2 rings (SSSR count). The van der Waals surface area contributed by atoms with Crippen molar-refractivity contribution >= 4 is 17.4 Å². The fraction of sp³-hybridized carbons (Fsp3) is 0.0833. The van der Waals surface area contributed by atoms with Gasteiger partial charge in [0.25, 0.3) is 5.91 Å². The van der Waals surface area contributed by atoms with Crippen molar-refractivity contribution in [3.8, 4) is 0 Å². The second kappa shape index (κ2) is 4.61. The van der Waals surface area contributed by atoms with E-state index in [-0.39, 0.29) is 5.91 Å². The summed E-state index contributed by atoms with van der Waals surface area (Å²) in [5.41, 5.74) is 7.63. The number of aromatic nitrogens is 2. The number of nitrogens with two attached hydrogens (primary N) is 1. The van der Waals surface area contributed by atoms with Gasteiger partial charge >= 0.3 is 0 Å². The molecule has 0 atom stereocenters. The van der Waals surface area contributed by atoms with E-state index < -0.39 is 0 Å². The molecule has 0 spiro atoms. The van der Waals surface area contributed by atoms with Crippen molar-refractivity contribution in [1.29, 1.82) is 0 Å². The van der Waals surface area contributed by atoms with Gasteiger partial charge in [0, 0.05) is 18.1 Å². The summed E-state index contributed by atoms with van der Waals surface area (Å²) in [4.78, 5) is 19.8. The van der Waals surface area contributed by atoms with Crippen LogP contribution in [0.2, 0.25) is 0 Å². The Morgan fingerprint density at radius 3 is 2.88 bits per heavy atom. The van der Waals surface area contributed by atoms with Crippen LogP contribution in [0.4, 0.5) is 11.5 Å². The van der Waals surface area contributed by atoms with Gasteiger partial charge in [0.05, 0.1) is 11.8 Å². The number of nitrogens with zero attached hydrogens (tertiary/aromatic N) is 2. The monoisotopic (exact) mass is 228 g/mol. The highest BCUT2D eigenvalue weighted by molar-refractivity contribution is 6.07. The second-order valence-corrected chi connectivity index (χ2v) is 3.58. The number of benzene rings is 1. The zero-order chi connectivity index (χ0) is 12.3. The van der Waals surface area contributed by atoms with Crippen molar-refractivity contribution in [2.75, 3.05) is 11.1 Å². The first-order valence-electron chi connectivity index (χ1n) is 5.11. The number of anilines is 2. The molecule has 0 aliphatic carbocycles. The molecule has 0 aliphatic heterocycles. The summed E-state index contributed by atoms with van der Waals surface area (Å²) < 4.78 is 0. The normalized spacial score (nSPS) is 9.94. The zero-order valence-corrected chi connectivity index (χ0v) is 9.34. The average molecular weight is 228 g/mol. The lowest BCUT2D eigenvalue weighted by Gasteiger charge is -2.08. The van der Waals surface area contributed by atoms with E-state index in [0.29, 0.717) is 17.1 Å². The summed E-state index contributed by atoms with van der Waals surface area (Å²) in [6.45, 7) is 1.86. The summed E-state index contributed by atoms with van der Waals surface area (Å²) in [6.07, 6.45) is 4.52. The Bertz CT molecular complexity index is 539. The Kier molecular flexibility index (Phi) is 3.00. The maximum absolute atomic E-state index is 11.9. The molecule has 3 N–H and O–H groups in total. The molecule has 2 aromatic rings. The molecular weight excluding hydrogens is 216 g/mol. The predicted octanol–water partition coefficient (Wildman–Crippen LogP) is 1.62. The Balaban J connectivity index is 2.24. The maximum atomic E-state index is 11.9. The SMILES string of the molecule is Cc1cccc(C(=O)Nc2cnccn2)c1N. The number of amides is 1. The lowest BCUT2D eigenvalue weighted by atomic mass is 10.1. The van der Waals surface area contributed by atoms with E-state index in [1.165, 1.54) is 18.6 Å². The lowest BCUT2D eigenvalue weighted by molar-refractivity contribution is 0.102. The molecule has 1 heterocycles. The first-order valence-corrected chi connectivity index (χ1v) is 5.11. The second-order valence-electron chi connectivity index (χ2n) is 3.58. The third-order valence-electron chi connectivity index (χ3n) is 2.37. The van der Waals surface area contributed by atoms with E-state index >= 15 is 0 Å². The van der Waals surface area contributed by atoms with Gasteiger partial charge in [0.15, 0.2) is 5.82 Å². The lowest BCUT2D eigenvalue weighted by Crippen LogP contribution is -2.15. The van der Waals surface area contributed by atoms with Gasteiger partial charge in [-0.05, 0) is 18.6 Å². The van der Waals surface area contributed by atoms with E-state index in [4.69, 9.17) is 5.73 Å². The van der Waals surface area contributed by atoms with Crippen molar-refractivity contribution in [3.05, 3.63) is 47.9 Å². The minimum absolute atomic E-state index is 0.285. The summed E-state index contributed by atoms with van der Waals surface area (Å²) in [5.74, 6) is 0.116. The summed E-state index contributed by atoms with van der Waals surface area (Å²) >= 11 is 0. The highest BCUT2D eigenvalue weighted by Crippen LogP contribution is 2.17. The molecule has 0 saturated heterocycles. The number of nitrogen functional groups attached to an aromatic ring is 1. The average Bonchev–Trinajstić information content (AvgIpc) is 2.34. The van der Waals surface area contributed by atoms with E-state index in [1.807, 2.05) is 13.0 Å². The van der Waals surface area contributed by atoms with Crippen molar-refractivity contribution in [2.24, 2.45) is 0 Å². The molecule has 86 valence electrons. The topological polar surface area (TPSA) is 80.9 Å².